The second-order valence-corrected chi connectivity index (χ2v) is 8.63. The molecule has 1 N–H and O–H groups in total. The predicted octanol–water partition coefficient (Wildman–Crippen LogP) is 1.12. The summed E-state index contributed by atoms with van der Waals surface area (Å²) in [4.78, 5) is 0. The third-order valence-electron chi connectivity index (χ3n) is 5.69. The van der Waals surface area contributed by atoms with Crippen molar-refractivity contribution in [2.24, 2.45) is 5.41 Å². The summed E-state index contributed by atoms with van der Waals surface area (Å²) in [6, 6.07) is 0.121. The summed E-state index contributed by atoms with van der Waals surface area (Å²) in [6.07, 6.45) is 4.75. The topological polar surface area (TPSA) is 66.8 Å². The average molecular weight is 303 g/mol. The summed E-state index contributed by atoms with van der Waals surface area (Å²) < 4.78 is 33.0. The standard InChI is InChI=1S/C14H25NO4S/c1-2-14(10-16)9-11-3-4-13(14)15(11)20(17,18)12-5-7-19-8-6-12/h11-13,16H,2-10H2,1H3/t11-,13+,14-/m0/s1. The lowest BCUT2D eigenvalue weighted by atomic mass is 9.72. The van der Waals surface area contributed by atoms with E-state index >= 15 is 0 Å². The van der Waals surface area contributed by atoms with E-state index in [-0.39, 0.29) is 29.4 Å². The minimum Gasteiger partial charge on any atom is -0.396 e. The molecule has 0 unspecified atom stereocenters. The van der Waals surface area contributed by atoms with Gasteiger partial charge in [-0.25, -0.2) is 8.42 Å². The van der Waals surface area contributed by atoms with Gasteiger partial charge in [-0.15, -0.1) is 0 Å². The van der Waals surface area contributed by atoms with Gasteiger partial charge in [0.25, 0.3) is 0 Å². The highest BCUT2D eigenvalue weighted by Gasteiger charge is 2.59. The van der Waals surface area contributed by atoms with E-state index in [0.717, 1.165) is 25.7 Å². The van der Waals surface area contributed by atoms with Crippen molar-refractivity contribution < 1.29 is 18.3 Å². The van der Waals surface area contributed by atoms with Gasteiger partial charge in [0.1, 0.15) is 0 Å². The first-order valence-electron chi connectivity index (χ1n) is 7.76. The zero-order valence-corrected chi connectivity index (χ0v) is 12.9. The number of hydrogen-bond acceptors (Lipinski definition) is 4. The van der Waals surface area contributed by atoms with Crippen molar-refractivity contribution in [2.75, 3.05) is 19.8 Å². The highest BCUT2D eigenvalue weighted by molar-refractivity contribution is 7.89. The number of hydrogen-bond donors (Lipinski definition) is 1. The molecular formula is C14H25NO4S. The van der Waals surface area contributed by atoms with Gasteiger partial charge >= 0.3 is 0 Å². The number of ether oxygens (including phenoxy) is 1. The molecule has 0 aromatic heterocycles. The number of rotatable bonds is 4. The van der Waals surface area contributed by atoms with Crippen LogP contribution in [-0.2, 0) is 14.8 Å². The zero-order valence-electron chi connectivity index (χ0n) is 12.1. The van der Waals surface area contributed by atoms with Crippen LogP contribution >= 0.6 is 0 Å². The van der Waals surface area contributed by atoms with Crippen LogP contribution in [0.2, 0.25) is 0 Å². The van der Waals surface area contributed by atoms with Crippen LogP contribution in [0.25, 0.3) is 0 Å². The summed E-state index contributed by atoms with van der Waals surface area (Å²) in [7, 11) is -3.25. The molecule has 3 fully saturated rings. The number of fused-ring (bicyclic) bond motifs is 2. The molecule has 116 valence electrons. The molecule has 0 saturated carbocycles. The van der Waals surface area contributed by atoms with Crippen molar-refractivity contribution in [3.05, 3.63) is 0 Å². The van der Waals surface area contributed by atoms with Crippen LogP contribution in [0.3, 0.4) is 0 Å². The van der Waals surface area contributed by atoms with Gasteiger partial charge in [0, 0.05) is 30.7 Å². The maximum Gasteiger partial charge on any atom is 0.217 e. The SMILES string of the molecule is CC[C@@]1(CO)C[C@@H]2CC[C@H]1N2S(=O)(=O)C1CCOCC1. The first kappa shape index (κ1) is 14.8. The van der Waals surface area contributed by atoms with Gasteiger partial charge < -0.3 is 9.84 Å². The fourth-order valence-corrected chi connectivity index (χ4v) is 6.84. The van der Waals surface area contributed by atoms with E-state index in [1.54, 1.807) is 4.31 Å². The van der Waals surface area contributed by atoms with E-state index in [9.17, 15) is 13.5 Å². The van der Waals surface area contributed by atoms with Crippen LogP contribution in [0, 0.1) is 5.41 Å². The molecule has 6 heteroatoms. The highest BCUT2D eigenvalue weighted by atomic mass is 32.2. The summed E-state index contributed by atoms with van der Waals surface area (Å²) in [5.74, 6) is 0. The molecule has 0 aromatic rings. The van der Waals surface area contributed by atoms with Crippen LogP contribution < -0.4 is 0 Å². The van der Waals surface area contributed by atoms with Crippen molar-refractivity contribution in [3.8, 4) is 0 Å². The number of aliphatic hydroxyl groups excluding tert-OH is 1. The van der Waals surface area contributed by atoms with E-state index in [1.165, 1.54) is 0 Å². The van der Waals surface area contributed by atoms with Crippen LogP contribution in [0.4, 0.5) is 0 Å². The molecule has 5 nitrogen and oxygen atoms in total. The Morgan fingerprint density at radius 2 is 1.95 bits per heavy atom. The number of aliphatic hydroxyl groups is 1. The van der Waals surface area contributed by atoms with Gasteiger partial charge in [-0.05, 0) is 38.5 Å². The minimum absolute atomic E-state index is 0.00958. The lowest BCUT2D eigenvalue weighted by molar-refractivity contribution is 0.0829. The smallest absolute Gasteiger partial charge is 0.217 e. The minimum atomic E-state index is -3.25. The van der Waals surface area contributed by atoms with Gasteiger partial charge in [0.15, 0.2) is 0 Å². The Kier molecular flexibility index (Phi) is 3.86. The molecule has 0 aliphatic carbocycles. The molecule has 0 amide bonds. The van der Waals surface area contributed by atoms with Crippen molar-refractivity contribution >= 4 is 10.0 Å². The van der Waals surface area contributed by atoms with Gasteiger partial charge in [-0.1, -0.05) is 6.92 Å². The quantitative estimate of drug-likeness (QED) is 0.845. The van der Waals surface area contributed by atoms with Gasteiger partial charge in [-0.2, -0.15) is 4.31 Å². The first-order chi connectivity index (χ1) is 9.55. The Labute approximate surface area is 121 Å². The Balaban J connectivity index is 1.87. The predicted molar refractivity (Wildman–Crippen MR) is 75.8 cm³/mol. The molecule has 3 atom stereocenters. The molecule has 3 rings (SSSR count). The third kappa shape index (κ3) is 2.03. The van der Waals surface area contributed by atoms with Crippen molar-refractivity contribution in [1.82, 2.24) is 4.31 Å². The largest absolute Gasteiger partial charge is 0.396 e. The van der Waals surface area contributed by atoms with Crippen LogP contribution in [-0.4, -0.2) is 55.0 Å². The molecular weight excluding hydrogens is 278 g/mol. The van der Waals surface area contributed by atoms with Crippen molar-refractivity contribution in [1.29, 1.82) is 0 Å². The van der Waals surface area contributed by atoms with Crippen molar-refractivity contribution in [3.63, 3.8) is 0 Å². The Bertz CT molecular complexity index is 454. The molecule has 3 aliphatic heterocycles. The van der Waals surface area contributed by atoms with E-state index < -0.39 is 10.0 Å². The summed E-state index contributed by atoms with van der Waals surface area (Å²) in [6.45, 7) is 3.26. The maximum absolute atomic E-state index is 13.0. The molecule has 0 spiro atoms. The van der Waals surface area contributed by atoms with E-state index in [4.69, 9.17) is 4.74 Å². The maximum atomic E-state index is 13.0. The van der Waals surface area contributed by atoms with Gasteiger partial charge in [0.05, 0.1) is 11.9 Å². The van der Waals surface area contributed by atoms with E-state index in [0.29, 0.717) is 26.1 Å². The lowest BCUT2D eigenvalue weighted by Crippen LogP contribution is -2.47. The summed E-state index contributed by atoms with van der Waals surface area (Å²) in [5.41, 5.74) is -0.207. The molecule has 3 heterocycles. The monoisotopic (exact) mass is 303 g/mol. The first-order valence-corrected chi connectivity index (χ1v) is 9.26. The second kappa shape index (κ2) is 5.23. The normalized spacial score (nSPS) is 39.5. The molecule has 2 bridgehead atoms. The number of sulfonamides is 1. The highest BCUT2D eigenvalue weighted by Crippen LogP contribution is 2.53. The molecule has 3 saturated heterocycles. The average Bonchev–Trinajstić information content (AvgIpc) is 3.04. The Morgan fingerprint density at radius 1 is 1.25 bits per heavy atom. The Hall–Kier alpha value is -0.170. The fourth-order valence-electron chi connectivity index (χ4n) is 4.43. The second-order valence-electron chi connectivity index (χ2n) is 6.51. The van der Waals surface area contributed by atoms with E-state index in [2.05, 4.69) is 6.92 Å². The summed E-state index contributed by atoms with van der Waals surface area (Å²) in [5, 5.41) is 9.50. The molecule has 20 heavy (non-hydrogen) atoms. The summed E-state index contributed by atoms with van der Waals surface area (Å²) >= 11 is 0. The number of nitrogens with zero attached hydrogens (tertiary/aromatic N) is 1. The Morgan fingerprint density at radius 3 is 2.50 bits per heavy atom. The molecule has 0 aromatic carbocycles. The molecule has 3 aliphatic rings. The zero-order chi connectivity index (χ0) is 14.4. The van der Waals surface area contributed by atoms with E-state index in [1.807, 2.05) is 0 Å². The van der Waals surface area contributed by atoms with Crippen molar-refractivity contribution in [2.45, 2.75) is 62.8 Å². The lowest BCUT2D eigenvalue weighted by Gasteiger charge is -2.36. The third-order valence-corrected chi connectivity index (χ3v) is 8.15. The van der Waals surface area contributed by atoms with Crippen LogP contribution in [0.5, 0.6) is 0 Å². The van der Waals surface area contributed by atoms with Crippen LogP contribution in [0.1, 0.15) is 45.4 Å². The van der Waals surface area contributed by atoms with Crippen LogP contribution in [0.15, 0.2) is 0 Å². The molecule has 0 radical (unpaired) electrons. The fraction of sp³-hybridized carbons (Fsp3) is 1.00. The van der Waals surface area contributed by atoms with Gasteiger partial charge in [-0.3, -0.25) is 0 Å². The van der Waals surface area contributed by atoms with Gasteiger partial charge in [0.2, 0.25) is 10.0 Å².